The highest BCUT2D eigenvalue weighted by molar-refractivity contribution is 5.72. The Hall–Kier alpha value is -0.970. The Balaban J connectivity index is 1.01. The molecule has 184 valence electrons. The molecule has 3 atom stereocenters. The first kappa shape index (κ1) is 23.8. The molecule has 5 saturated carbocycles. The number of carbonyl (C=O) groups is 1. The summed E-state index contributed by atoms with van der Waals surface area (Å²) >= 11 is 0. The van der Waals surface area contributed by atoms with Crippen LogP contribution in [0.15, 0.2) is 0 Å². The summed E-state index contributed by atoms with van der Waals surface area (Å²) < 4.78 is 5.84. The van der Waals surface area contributed by atoms with Crippen molar-refractivity contribution in [2.24, 2.45) is 41.4 Å². The normalized spacial score (nSPS) is 40.2. The van der Waals surface area contributed by atoms with Crippen molar-refractivity contribution in [3.05, 3.63) is 0 Å². The number of fused-ring (bicyclic) bond motifs is 1. The van der Waals surface area contributed by atoms with Gasteiger partial charge in [0, 0.05) is 11.8 Å². The molecule has 0 aliphatic heterocycles. The molecule has 5 aliphatic carbocycles. The molecule has 0 aromatic heterocycles. The summed E-state index contributed by atoms with van der Waals surface area (Å²) in [5.74, 6) is 12.9. The number of ether oxygens (including phenoxy) is 1. The molecule has 0 saturated heterocycles. The van der Waals surface area contributed by atoms with E-state index in [2.05, 4.69) is 11.8 Å². The van der Waals surface area contributed by atoms with Crippen molar-refractivity contribution in [3.63, 3.8) is 0 Å². The van der Waals surface area contributed by atoms with Gasteiger partial charge in [0.05, 0.1) is 5.92 Å². The lowest BCUT2D eigenvalue weighted by atomic mass is 9.62. The molecular formula is C31H48O2. The van der Waals surface area contributed by atoms with Crippen LogP contribution in [0, 0.1) is 53.3 Å². The van der Waals surface area contributed by atoms with E-state index in [-0.39, 0.29) is 18.0 Å². The van der Waals surface area contributed by atoms with Gasteiger partial charge in [-0.2, -0.15) is 0 Å². The molecule has 0 spiro atoms. The minimum atomic E-state index is 0.0916. The number of hydrogen-bond donors (Lipinski definition) is 0. The summed E-state index contributed by atoms with van der Waals surface area (Å²) in [7, 11) is 0. The minimum absolute atomic E-state index is 0.0916. The highest BCUT2D eigenvalue weighted by Gasteiger charge is 2.36. The second-order valence-electron chi connectivity index (χ2n) is 12.5. The second kappa shape index (κ2) is 11.6. The van der Waals surface area contributed by atoms with Crippen LogP contribution in [0.25, 0.3) is 0 Å². The predicted octanol–water partition coefficient (Wildman–Crippen LogP) is 8.09. The van der Waals surface area contributed by atoms with E-state index in [9.17, 15) is 4.79 Å². The average molecular weight is 453 g/mol. The summed E-state index contributed by atoms with van der Waals surface area (Å²) in [5, 5.41) is 0. The van der Waals surface area contributed by atoms with Crippen LogP contribution in [0.5, 0.6) is 0 Å². The van der Waals surface area contributed by atoms with Crippen LogP contribution in [0.2, 0.25) is 0 Å². The average Bonchev–Trinajstić information content (AvgIpc) is 2.88. The van der Waals surface area contributed by atoms with Crippen molar-refractivity contribution >= 4 is 5.97 Å². The molecule has 33 heavy (non-hydrogen) atoms. The van der Waals surface area contributed by atoms with Crippen molar-refractivity contribution in [3.8, 4) is 11.8 Å². The number of esters is 1. The van der Waals surface area contributed by atoms with Gasteiger partial charge in [-0.05, 0) is 120 Å². The van der Waals surface area contributed by atoms with Gasteiger partial charge in [-0.25, -0.2) is 0 Å². The van der Waals surface area contributed by atoms with E-state index in [1.807, 2.05) is 0 Å². The SMILES string of the molecule is O=C(OC1CCCCC1)C1CCC(C#CC2CCC(C3CCC4CCCCC4C3)CC2)CC1. The van der Waals surface area contributed by atoms with Crippen molar-refractivity contribution in [2.45, 2.75) is 135 Å². The van der Waals surface area contributed by atoms with Crippen LogP contribution < -0.4 is 0 Å². The van der Waals surface area contributed by atoms with E-state index in [1.165, 1.54) is 83.5 Å². The smallest absolute Gasteiger partial charge is 0.309 e. The third kappa shape index (κ3) is 6.38. The molecule has 0 heterocycles. The van der Waals surface area contributed by atoms with Crippen molar-refractivity contribution in [1.29, 1.82) is 0 Å². The standard InChI is InChI=1S/C31H48O2/c32-31(33-30-8-2-1-3-9-30)27-18-14-24(15-19-27)11-10-23-12-16-26(17-13-23)29-21-20-25-6-4-5-7-28(25)22-29/h23-30H,1-9,12-22H2. The molecule has 0 bridgehead atoms. The molecule has 5 fully saturated rings. The fraction of sp³-hybridized carbons (Fsp3) is 0.903. The number of hydrogen-bond acceptors (Lipinski definition) is 2. The lowest BCUT2D eigenvalue weighted by Gasteiger charge is -2.43. The Labute approximate surface area is 203 Å². The molecular weight excluding hydrogens is 404 g/mol. The number of rotatable bonds is 3. The van der Waals surface area contributed by atoms with E-state index >= 15 is 0 Å². The Bertz CT molecular complexity index is 679. The Morgan fingerprint density at radius 2 is 1.00 bits per heavy atom. The van der Waals surface area contributed by atoms with Crippen LogP contribution >= 0.6 is 0 Å². The van der Waals surface area contributed by atoms with Gasteiger partial charge in [-0.3, -0.25) is 4.79 Å². The predicted molar refractivity (Wildman–Crippen MR) is 134 cm³/mol. The van der Waals surface area contributed by atoms with E-state index in [0.717, 1.165) is 62.2 Å². The summed E-state index contributed by atoms with van der Waals surface area (Å²) in [4.78, 5) is 12.6. The molecule has 2 nitrogen and oxygen atoms in total. The molecule has 0 aromatic rings. The zero-order chi connectivity index (χ0) is 22.5. The van der Waals surface area contributed by atoms with Crippen LogP contribution in [-0.4, -0.2) is 12.1 Å². The maximum atomic E-state index is 12.6. The lowest BCUT2D eigenvalue weighted by molar-refractivity contribution is -0.156. The molecule has 5 aliphatic rings. The molecule has 0 amide bonds. The van der Waals surface area contributed by atoms with Crippen LogP contribution in [0.4, 0.5) is 0 Å². The van der Waals surface area contributed by atoms with E-state index < -0.39 is 0 Å². The molecule has 0 radical (unpaired) electrons. The fourth-order valence-corrected chi connectivity index (χ4v) is 8.23. The summed E-state index contributed by atoms with van der Waals surface area (Å²) in [6.07, 6.45) is 26.5. The highest BCUT2D eigenvalue weighted by Crippen LogP contribution is 2.47. The summed E-state index contributed by atoms with van der Waals surface area (Å²) in [6, 6.07) is 0. The van der Waals surface area contributed by atoms with Gasteiger partial charge in [0.15, 0.2) is 0 Å². The molecule has 0 aromatic carbocycles. The largest absolute Gasteiger partial charge is 0.462 e. The fourth-order valence-electron chi connectivity index (χ4n) is 8.23. The highest BCUT2D eigenvalue weighted by atomic mass is 16.5. The van der Waals surface area contributed by atoms with Crippen molar-refractivity contribution in [2.75, 3.05) is 0 Å². The lowest BCUT2D eigenvalue weighted by Crippen LogP contribution is -2.32. The van der Waals surface area contributed by atoms with Gasteiger partial charge in [-0.15, -0.1) is 0 Å². The Morgan fingerprint density at radius 3 is 1.70 bits per heavy atom. The summed E-state index contributed by atoms with van der Waals surface area (Å²) in [6.45, 7) is 0. The minimum Gasteiger partial charge on any atom is -0.462 e. The Morgan fingerprint density at radius 1 is 0.515 bits per heavy atom. The summed E-state index contributed by atoms with van der Waals surface area (Å²) in [5.41, 5.74) is 0. The maximum Gasteiger partial charge on any atom is 0.309 e. The number of carbonyl (C=O) groups excluding carboxylic acids is 1. The van der Waals surface area contributed by atoms with E-state index in [0.29, 0.717) is 11.8 Å². The topological polar surface area (TPSA) is 26.3 Å². The van der Waals surface area contributed by atoms with Gasteiger partial charge in [0.2, 0.25) is 0 Å². The van der Waals surface area contributed by atoms with Gasteiger partial charge in [0.1, 0.15) is 6.10 Å². The van der Waals surface area contributed by atoms with E-state index in [4.69, 9.17) is 4.74 Å². The van der Waals surface area contributed by atoms with Gasteiger partial charge in [-0.1, -0.05) is 43.9 Å². The zero-order valence-corrected chi connectivity index (χ0v) is 21.1. The van der Waals surface area contributed by atoms with Gasteiger partial charge < -0.3 is 4.74 Å². The van der Waals surface area contributed by atoms with Crippen LogP contribution in [0.1, 0.15) is 128 Å². The molecule has 0 N–H and O–H groups in total. The quantitative estimate of drug-likeness (QED) is 0.319. The van der Waals surface area contributed by atoms with Crippen LogP contribution in [0.3, 0.4) is 0 Å². The molecule has 5 rings (SSSR count). The Kier molecular flexibility index (Phi) is 8.38. The molecule has 2 heteroatoms. The first-order chi connectivity index (χ1) is 16.2. The third-order valence-corrected chi connectivity index (χ3v) is 10.4. The first-order valence-electron chi connectivity index (χ1n) is 15.0. The zero-order valence-electron chi connectivity index (χ0n) is 21.1. The van der Waals surface area contributed by atoms with Crippen molar-refractivity contribution in [1.82, 2.24) is 0 Å². The van der Waals surface area contributed by atoms with Crippen LogP contribution in [-0.2, 0) is 9.53 Å². The van der Waals surface area contributed by atoms with Gasteiger partial charge in [0.25, 0.3) is 0 Å². The molecule has 3 unspecified atom stereocenters. The first-order valence-corrected chi connectivity index (χ1v) is 15.0. The van der Waals surface area contributed by atoms with E-state index in [1.54, 1.807) is 6.42 Å². The van der Waals surface area contributed by atoms with Gasteiger partial charge >= 0.3 is 5.97 Å². The third-order valence-electron chi connectivity index (χ3n) is 10.4. The maximum absolute atomic E-state index is 12.6. The van der Waals surface area contributed by atoms with Crippen molar-refractivity contribution < 1.29 is 9.53 Å². The second-order valence-corrected chi connectivity index (χ2v) is 12.5. The monoisotopic (exact) mass is 452 g/mol.